The van der Waals surface area contributed by atoms with E-state index in [4.69, 9.17) is 0 Å². The molecule has 0 aromatic carbocycles. The number of alkyl halides is 6. The summed E-state index contributed by atoms with van der Waals surface area (Å²) in [6.07, 6.45) is -11.9. The number of nitrogens with zero attached hydrogens (tertiary/aromatic N) is 1. The van der Waals surface area contributed by atoms with Crippen molar-refractivity contribution >= 4 is 11.8 Å². The van der Waals surface area contributed by atoms with Crippen LogP contribution in [0.25, 0.3) is 0 Å². The third kappa shape index (κ3) is 4.83. The predicted molar refractivity (Wildman–Crippen MR) is 66.1 cm³/mol. The summed E-state index contributed by atoms with van der Waals surface area (Å²) in [5, 5.41) is 9.47. The van der Waals surface area contributed by atoms with Gasteiger partial charge in [0.15, 0.2) is 11.5 Å². The number of hydrogen-bond donors (Lipinski definition) is 1. The molecule has 1 heterocycles. The van der Waals surface area contributed by atoms with E-state index < -0.39 is 65.7 Å². The van der Waals surface area contributed by atoms with E-state index >= 15 is 0 Å². The van der Waals surface area contributed by atoms with Crippen molar-refractivity contribution in [2.45, 2.75) is 32.1 Å². The minimum Gasteiger partial charge on any atom is -0.505 e. The molecule has 0 aliphatic heterocycles. The maximum Gasteiger partial charge on any atom is 0.433 e. The largest absolute Gasteiger partial charge is 0.505 e. The summed E-state index contributed by atoms with van der Waals surface area (Å²) in [5.41, 5.74) is -5.42. The van der Waals surface area contributed by atoms with E-state index in [0.29, 0.717) is 0 Å². The zero-order chi connectivity index (χ0) is 18.7. The fourth-order valence-corrected chi connectivity index (χ4v) is 1.66. The second kappa shape index (κ2) is 7.05. The standard InChI is InChI=1S/C13H11F6NO4/c1-2-24-9(22)4-3-7(21)10-11(23)6(12(14,15)16)5-8(20-10)13(17,18)19/h5,23H,2-4H2,1H3. The fourth-order valence-electron chi connectivity index (χ4n) is 1.66. The van der Waals surface area contributed by atoms with Crippen molar-refractivity contribution in [1.29, 1.82) is 0 Å². The van der Waals surface area contributed by atoms with Crippen LogP contribution >= 0.6 is 0 Å². The summed E-state index contributed by atoms with van der Waals surface area (Å²) in [5.74, 6) is -3.94. The van der Waals surface area contributed by atoms with Gasteiger partial charge in [-0.1, -0.05) is 0 Å². The number of aromatic nitrogens is 1. The van der Waals surface area contributed by atoms with Crippen LogP contribution in [0.4, 0.5) is 26.3 Å². The smallest absolute Gasteiger partial charge is 0.433 e. The van der Waals surface area contributed by atoms with Gasteiger partial charge in [0.25, 0.3) is 0 Å². The summed E-state index contributed by atoms with van der Waals surface area (Å²) in [6, 6.07) is -0.391. The minimum atomic E-state index is -5.33. The minimum absolute atomic E-state index is 0.0156. The average Bonchev–Trinajstić information content (AvgIpc) is 2.42. The van der Waals surface area contributed by atoms with E-state index in [1.165, 1.54) is 6.92 Å². The van der Waals surface area contributed by atoms with E-state index in [9.17, 15) is 41.0 Å². The summed E-state index contributed by atoms with van der Waals surface area (Å²) in [6.45, 7) is 1.45. The summed E-state index contributed by atoms with van der Waals surface area (Å²) >= 11 is 0. The van der Waals surface area contributed by atoms with Crippen LogP contribution < -0.4 is 0 Å². The third-order valence-corrected chi connectivity index (χ3v) is 2.71. The fraction of sp³-hybridized carbons (Fsp3) is 0.462. The van der Waals surface area contributed by atoms with Crippen molar-refractivity contribution < 1.29 is 45.8 Å². The molecular weight excluding hydrogens is 348 g/mol. The molecule has 1 N–H and O–H groups in total. The highest BCUT2D eigenvalue weighted by Crippen LogP contribution is 2.40. The first-order valence-electron chi connectivity index (χ1n) is 6.45. The number of hydrogen-bond acceptors (Lipinski definition) is 5. The number of Topliss-reactive ketones (excluding diaryl/α,β-unsaturated/α-hetero) is 1. The van der Waals surface area contributed by atoms with Crippen LogP contribution in [0.1, 0.15) is 41.5 Å². The molecule has 1 aromatic heterocycles. The van der Waals surface area contributed by atoms with E-state index in [-0.39, 0.29) is 6.61 Å². The number of halogens is 6. The molecule has 1 aromatic rings. The van der Waals surface area contributed by atoms with Crippen molar-refractivity contribution in [3.8, 4) is 5.75 Å². The number of carbonyl (C=O) groups excluding carboxylic acids is 2. The zero-order valence-electron chi connectivity index (χ0n) is 12.1. The second-order valence-electron chi connectivity index (χ2n) is 4.48. The molecule has 0 spiro atoms. The Morgan fingerprint density at radius 2 is 1.71 bits per heavy atom. The number of aromatic hydroxyl groups is 1. The van der Waals surface area contributed by atoms with Gasteiger partial charge < -0.3 is 9.84 Å². The monoisotopic (exact) mass is 359 g/mol. The Morgan fingerprint density at radius 1 is 1.12 bits per heavy atom. The van der Waals surface area contributed by atoms with E-state index in [1.54, 1.807) is 0 Å². The Morgan fingerprint density at radius 3 is 2.17 bits per heavy atom. The van der Waals surface area contributed by atoms with Crippen molar-refractivity contribution in [3.63, 3.8) is 0 Å². The van der Waals surface area contributed by atoms with Crippen LogP contribution in [0.5, 0.6) is 5.75 Å². The Balaban J connectivity index is 3.26. The Bertz CT molecular complexity index is 639. The molecule has 0 saturated carbocycles. The van der Waals surface area contributed by atoms with Crippen molar-refractivity contribution in [3.05, 3.63) is 23.0 Å². The first-order valence-corrected chi connectivity index (χ1v) is 6.45. The van der Waals surface area contributed by atoms with Gasteiger partial charge in [-0.2, -0.15) is 26.3 Å². The van der Waals surface area contributed by atoms with Gasteiger partial charge in [0.05, 0.1) is 13.0 Å². The van der Waals surface area contributed by atoms with Crippen LogP contribution in [-0.4, -0.2) is 28.4 Å². The lowest BCUT2D eigenvalue weighted by atomic mass is 10.1. The quantitative estimate of drug-likeness (QED) is 0.496. The highest BCUT2D eigenvalue weighted by molar-refractivity contribution is 5.98. The van der Waals surface area contributed by atoms with Crippen LogP contribution in [0.3, 0.4) is 0 Å². The molecule has 0 fully saturated rings. The van der Waals surface area contributed by atoms with Gasteiger partial charge in [-0.3, -0.25) is 9.59 Å². The molecule has 0 aliphatic carbocycles. The zero-order valence-corrected chi connectivity index (χ0v) is 12.1. The van der Waals surface area contributed by atoms with E-state index in [0.717, 1.165) is 0 Å². The second-order valence-corrected chi connectivity index (χ2v) is 4.48. The van der Waals surface area contributed by atoms with Gasteiger partial charge in [0.2, 0.25) is 0 Å². The van der Waals surface area contributed by atoms with Gasteiger partial charge in [-0.05, 0) is 13.0 Å². The van der Waals surface area contributed by atoms with Crippen LogP contribution in [0.2, 0.25) is 0 Å². The number of carbonyl (C=O) groups is 2. The van der Waals surface area contributed by atoms with Crippen molar-refractivity contribution in [2.24, 2.45) is 0 Å². The van der Waals surface area contributed by atoms with Gasteiger partial charge in [0.1, 0.15) is 17.0 Å². The van der Waals surface area contributed by atoms with Crippen LogP contribution in [0, 0.1) is 0 Å². The Labute approximate surface area is 131 Å². The first kappa shape index (κ1) is 19.7. The lowest BCUT2D eigenvalue weighted by Gasteiger charge is -2.15. The Hall–Kier alpha value is -2.33. The van der Waals surface area contributed by atoms with Crippen molar-refractivity contribution in [1.82, 2.24) is 4.98 Å². The van der Waals surface area contributed by atoms with Gasteiger partial charge in [-0.15, -0.1) is 0 Å². The van der Waals surface area contributed by atoms with E-state index in [1.807, 2.05) is 0 Å². The molecule has 134 valence electrons. The lowest BCUT2D eigenvalue weighted by molar-refractivity contribution is -0.146. The number of ketones is 1. The molecular formula is C13H11F6NO4. The van der Waals surface area contributed by atoms with Crippen LogP contribution in [0.15, 0.2) is 6.07 Å². The average molecular weight is 359 g/mol. The number of esters is 1. The lowest BCUT2D eigenvalue weighted by Crippen LogP contribution is -2.18. The predicted octanol–water partition coefficient (Wildman–Crippen LogP) is 3.35. The highest BCUT2D eigenvalue weighted by atomic mass is 19.4. The number of pyridine rings is 1. The summed E-state index contributed by atoms with van der Waals surface area (Å²) < 4.78 is 80.6. The Kier molecular flexibility index (Phi) is 5.80. The molecule has 11 heteroatoms. The maximum absolute atomic E-state index is 12.7. The molecule has 5 nitrogen and oxygen atoms in total. The SMILES string of the molecule is CCOC(=O)CCC(=O)c1nc(C(F)(F)F)cc(C(F)(F)F)c1O. The van der Waals surface area contributed by atoms with Crippen LogP contribution in [-0.2, 0) is 21.9 Å². The molecule has 1 rings (SSSR count). The first-order chi connectivity index (χ1) is 10.9. The maximum atomic E-state index is 12.7. The van der Waals surface area contributed by atoms with Gasteiger partial charge >= 0.3 is 18.3 Å². The number of ether oxygens (including phenoxy) is 1. The summed E-state index contributed by atoms with van der Waals surface area (Å²) in [7, 11) is 0. The highest BCUT2D eigenvalue weighted by Gasteiger charge is 2.41. The van der Waals surface area contributed by atoms with E-state index in [2.05, 4.69) is 9.72 Å². The molecule has 0 unspecified atom stereocenters. The third-order valence-electron chi connectivity index (χ3n) is 2.71. The van der Waals surface area contributed by atoms with Gasteiger partial charge in [-0.25, -0.2) is 4.98 Å². The molecule has 0 bridgehead atoms. The molecule has 0 saturated heterocycles. The molecule has 0 atom stereocenters. The molecule has 0 amide bonds. The summed E-state index contributed by atoms with van der Waals surface area (Å²) in [4.78, 5) is 25.6. The molecule has 0 radical (unpaired) electrons. The normalized spacial score (nSPS) is 12.1. The molecule has 24 heavy (non-hydrogen) atoms. The topological polar surface area (TPSA) is 76.5 Å². The van der Waals surface area contributed by atoms with Gasteiger partial charge in [0, 0.05) is 6.42 Å². The van der Waals surface area contributed by atoms with Crippen molar-refractivity contribution in [2.75, 3.05) is 6.61 Å². The molecule has 0 aliphatic rings. The number of rotatable bonds is 5.